The third-order valence-electron chi connectivity index (χ3n) is 5.69. The van der Waals surface area contributed by atoms with Crippen LogP contribution in [-0.2, 0) is 0 Å². The van der Waals surface area contributed by atoms with E-state index in [0.717, 1.165) is 36.6 Å². The Hall–Kier alpha value is -0.120. The molecule has 0 aliphatic heterocycles. The number of rotatable bonds is 6. The van der Waals surface area contributed by atoms with Gasteiger partial charge in [0.25, 0.3) is 0 Å². The van der Waals surface area contributed by atoms with Gasteiger partial charge in [0.1, 0.15) is 0 Å². The second-order valence-electron chi connectivity index (χ2n) is 8.42. The summed E-state index contributed by atoms with van der Waals surface area (Å²) in [5.41, 5.74) is 5.55. The molecule has 0 atom stereocenters. The maximum atomic E-state index is 7.88. The Balaban J connectivity index is 0.000000391. The van der Waals surface area contributed by atoms with Gasteiger partial charge in [-0.2, -0.15) is 0 Å². The SMILES string of the molecule is CC1CCC(CN)CC1.CCCNCC1CCC(C)CC1.CCCO. The van der Waals surface area contributed by atoms with Crippen molar-refractivity contribution in [3.63, 3.8) is 0 Å². The Morgan fingerprint density at radius 3 is 1.60 bits per heavy atom. The molecule has 2 rings (SSSR count). The molecule has 2 saturated carbocycles. The fourth-order valence-corrected chi connectivity index (χ4v) is 3.58. The lowest BCUT2D eigenvalue weighted by Gasteiger charge is -2.26. The van der Waals surface area contributed by atoms with E-state index in [1.807, 2.05) is 6.92 Å². The molecule has 2 aliphatic carbocycles. The number of hydrogen-bond donors (Lipinski definition) is 3. The van der Waals surface area contributed by atoms with Gasteiger partial charge < -0.3 is 16.2 Å². The van der Waals surface area contributed by atoms with E-state index >= 15 is 0 Å². The normalized spacial score (nSPS) is 29.0. The Bertz CT molecular complexity index is 255. The van der Waals surface area contributed by atoms with E-state index in [-0.39, 0.29) is 0 Å². The summed E-state index contributed by atoms with van der Waals surface area (Å²) < 4.78 is 0. The Morgan fingerprint density at radius 1 is 0.800 bits per heavy atom. The average molecular weight is 357 g/mol. The van der Waals surface area contributed by atoms with Gasteiger partial charge in [0, 0.05) is 6.61 Å². The molecule has 152 valence electrons. The standard InChI is InChI=1S/C11H23N.C8H17N.C3H8O/c1-3-8-12-9-11-6-4-10(2)5-7-11;1-7-2-4-8(6-9)5-3-7;1-2-3-4/h10-12H,3-9H2,1-2H3;7-8H,2-6,9H2,1H3;4H,2-3H2,1H3. The highest BCUT2D eigenvalue weighted by atomic mass is 16.2. The summed E-state index contributed by atoms with van der Waals surface area (Å²) in [6.45, 7) is 12.6. The van der Waals surface area contributed by atoms with Crippen molar-refractivity contribution in [2.75, 3.05) is 26.2 Å². The van der Waals surface area contributed by atoms with Gasteiger partial charge in [0.2, 0.25) is 0 Å². The third kappa shape index (κ3) is 14.7. The number of hydrogen-bond acceptors (Lipinski definition) is 3. The zero-order valence-electron chi connectivity index (χ0n) is 17.7. The predicted octanol–water partition coefficient (Wildman–Crippen LogP) is 4.97. The minimum atomic E-state index is 0.319. The molecule has 0 aromatic carbocycles. The van der Waals surface area contributed by atoms with Crippen LogP contribution in [0, 0.1) is 23.7 Å². The highest BCUT2D eigenvalue weighted by molar-refractivity contribution is 4.71. The first-order valence-electron chi connectivity index (χ1n) is 11.1. The summed E-state index contributed by atoms with van der Waals surface area (Å²) in [7, 11) is 0. The monoisotopic (exact) mass is 356 g/mol. The molecule has 2 aliphatic rings. The van der Waals surface area contributed by atoms with Crippen LogP contribution in [0.1, 0.15) is 91.9 Å². The first kappa shape index (κ1) is 24.9. The maximum absolute atomic E-state index is 7.88. The van der Waals surface area contributed by atoms with Crippen LogP contribution in [0.15, 0.2) is 0 Å². The molecule has 0 aromatic rings. The van der Waals surface area contributed by atoms with Crippen LogP contribution in [0.2, 0.25) is 0 Å². The summed E-state index contributed by atoms with van der Waals surface area (Å²) in [6, 6.07) is 0. The molecule has 3 nitrogen and oxygen atoms in total. The average Bonchev–Trinajstić information content (AvgIpc) is 2.65. The molecule has 2 fully saturated rings. The van der Waals surface area contributed by atoms with E-state index in [9.17, 15) is 0 Å². The van der Waals surface area contributed by atoms with E-state index in [1.165, 1.54) is 70.9 Å². The maximum Gasteiger partial charge on any atom is 0.0428 e. The summed E-state index contributed by atoms with van der Waals surface area (Å²) in [6.07, 6.45) is 13.5. The van der Waals surface area contributed by atoms with Gasteiger partial charge in [0.15, 0.2) is 0 Å². The van der Waals surface area contributed by atoms with Crippen LogP contribution in [0.5, 0.6) is 0 Å². The van der Waals surface area contributed by atoms with Crippen molar-refractivity contribution in [1.29, 1.82) is 0 Å². The molecule has 0 bridgehead atoms. The summed E-state index contributed by atoms with van der Waals surface area (Å²) in [5, 5.41) is 11.4. The van der Waals surface area contributed by atoms with Gasteiger partial charge in [-0.15, -0.1) is 0 Å². The highest BCUT2D eigenvalue weighted by Crippen LogP contribution is 2.28. The minimum Gasteiger partial charge on any atom is -0.396 e. The second-order valence-corrected chi connectivity index (χ2v) is 8.42. The van der Waals surface area contributed by atoms with Crippen LogP contribution in [0.4, 0.5) is 0 Å². The molecular weight excluding hydrogens is 308 g/mol. The molecule has 0 aromatic heterocycles. The summed E-state index contributed by atoms with van der Waals surface area (Å²) >= 11 is 0. The zero-order chi connectivity index (χ0) is 18.9. The van der Waals surface area contributed by atoms with Crippen molar-refractivity contribution < 1.29 is 5.11 Å². The van der Waals surface area contributed by atoms with Crippen LogP contribution >= 0.6 is 0 Å². The molecule has 0 heterocycles. The molecule has 4 N–H and O–H groups in total. The third-order valence-corrected chi connectivity index (χ3v) is 5.69. The van der Waals surface area contributed by atoms with Crippen LogP contribution in [0.25, 0.3) is 0 Å². The van der Waals surface area contributed by atoms with Crippen LogP contribution < -0.4 is 11.1 Å². The summed E-state index contributed by atoms with van der Waals surface area (Å²) in [5.74, 6) is 3.79. The van der Waals surface area contributed by atoms with Crippen molar-refractivity contribution in [1.82, 2.24) is 5.32 Å². The molecule has 0 unspecified atom stereocenters. The number of nitrogens with one attached hydrogen (secondary N) is 1. The van der Waals surface area contributed by atoms with Crippen molar-refractivity contribution in [3.05, 3.63) is 0 Å². The van der Waals surface area contributed by atoms with Gasteiger partial charge in [-0.3, -0.25) is 0 Å². The smallest absolute Gasteiger partial charge is 0.0428 e. The van der Waals surface area contributed by atoms with E-state index in [4.69, 9.17) is 10.8 Å². The minimum absolute atomic E-state index is 0.319. The molecule has 3 heteroatoms. The number of aliphatic hydroxyl groups is 1. The largest absolute Gasteiger partial charge is 0.396 e. The fourth-order valence-electron chi connectivity index (χ4n) is 3.58. The van der Waals surface area contributed by atoms with E-state index in [0.29, 0.717) is 6.61 Å². The Morgan fingerprint density at radius 2 is 1.24 bits per heavy atom. The summed E-state index contributed by atoms with van der Waals surface area (Å²) in [4.78, 5) is 0. The van der Waals surface area contributed by atoms with Crippen molar-refractivity contribution in [3.8, 4) is 0 Å². The molecule has 0 saturated heterocycles. The first-order valence-corrected chi connectivity index (χ1v) is 11.1. The fraction of sp³-hybridized carbons (Fsp3) is 1.00. The quantitative estimate of drug-likeness (QED) is 0.589. The topological polar surface area (TPSA) is 58.3 Å². The van der Waals surface area contributed by atoms with Crippen LogP contribution in [0.3, 0.4) is 0 Å². The van der Waals surface area contributed by atoms with Crippen LogP contribution in [-0.4, -0.2) is 31.3 Å². The van der Waals surface area contributed by atoms with Gasteiger partial charge in [-0.1, -0.05) is 53.4 Å². The highest BCUT2D eigenvalue weighted by Gasteiger charge is 2.17. The van der Waals surface area contributed by atoms with Gasteiger partial charge in [-0.05, 0) is 81.8 Å². The van der Waals surface area contributed by atoms with Gasteiger partial charge in [-0.25, -0.2) is 0 Å². The van der Waals surface area contributed by atoms with E-state index < -0.39 is 0 Å². The van der Waals surface area contributed by atoms with Gasteiger partial charge in [0.05, 0.1) is 0 Å². The predicted molar refractivity (Wildman–Crippen MR) is 112 cm³/mol. The van der Waals surface area contributed by atoms with Crippen molar-refractivity contribution in [2.45, 2.75) is 91.9 Å². The lowest BCUT2D eigenvalue weighted by molar-refractivity contribution is 0.282. The Kier molecular flexibility index (Phi) is 17.2. The zero-order valence-corrected chi connectivity index (χ0v) is 17.7. The number of nitrogens with two attached hydrogens (primary N) is 1. The van der Waals surface area contributed by atoms with E-state index in [1.54, 1.807) is 0 Å². The second kappa shape index (κ2) is 17.3. The van der Waals surface area contributed by atoms with Crippen molar-refractivity contribution in [2.24, 2.45) is 29.4 Å². The Labute approximate surface area is 158 Å². The molecule has 25 heavy (non-hydrogen) atoms. The van der Waals surface area contributed by atoms with E-state index in [2.05, 4.69) is 26.1 Å². The lowest BCUT2D eigenvalue weighted by Crippen LogP contribution is -2.26. The molecule has 0 spiro atoms. The van der Waals surface area contributed by atoms with Crippen molar-refractivity contribution >= 4 is 0 Å². The molecular formula is C22H48N2O. The lowest BCUT2D eigenvalue weighted by atomic mass is 9.83. The first-order chi connectivity index (χ1) is 12.1. The molecule has 0 radical (unpaired) electrons. The number of aliphatic hydroxyl groups excluding tert-OH is 1. The van der Waals surface area contributed by atoms with Gasteiger partial charge >= 0.3 is 0 Å². The molecule has 0 amide bonds.